The largest absolute Gasteiger partial charge is 0.497 e. The minimum Gasteiger partial charge on any atom is -0.497 e. The highest BCUT2D eigenvalue weighted by molar-refractivity contribution is 5.75. The molecule has 0 spiro atoms. The molecule has 0 unspecified atom stereocenters. The van der Waals surface area contributed by atoms with Crippen LogP contribution in [0.5, 0.6) is 5.75 Å². The van der Waals surface area contributed by atoms with Gasteiger partial charge in [-0.25, -0.2) is 0 Å². The molecule has 1 aliphatic rings. The number of rotatable bonds is 3. The summed E-state index contributed by atoms with van der Waals surface area (Å²) in [5.41, 5.74) is 2.33. The first kappa shape index (κ1) is 10.8. The molecule has 1 aliphatic carbocycles. The summed E-state index contributed by atoms with van der Waals surface area (Å²) < 4.78 is 10.4. The number of hydrogen-bond acceptors (Lipinski definition) is 2. The van der Waals surface area contributed by atoms with E-state index in [0.29, 0.717) is 0 Å². The molecule has 0 bridgehead atoms. The molecule has 2 rings (SSSR count). The normalized spacial score (nSPS) is 15.1. The molecule has 0 aliphatic heterocycles. The minimum atomic E-state index is 0.875. The van der Waals surface area contributed by atoms with Crippen LogP contribution < -0.4 is 4.74 Å². The fourth-order valence-electron chi connectivity index (χ4n) is 1.72. The summed E-state index contributed by atoms with van der Waals surface area (Å²) in [7, 11) is 3.37. The summed E-state index contributed by atoms with van der Waals surface area (Å²) >= 11 is 0. The average molecular weight is 215 g/mol. The minimum absolute atomic E-state index is 0.875. The van der Waals surface area contributed by atoms with Gasteiger partial charge in [0.1, 0.15) is 11.5 Å². The summed E-state index contributed by atoms with van der Waals surface area (Å²) in [5, 5.41) is 0. The van der Waals surface area contributed by atoms with E-state index in [1.54, 1.807) is 14.2 Å². The summed E-state index contributed by atoms with van der Waals surface area (Å²) in [5.74, 6) is 1.79. The van der Waals surface area contributed by atoms with Crippen molar-refractivity contribution in [2.24, 2.45) is 0 Å². The van der Waals surface area contributed by atoms with Crippen LogP contribution in [-0.4, -0.2) is 14.2 Å². The maximum Gasteiger partial charge on any atom is 0.119 e. The van der Waals surface area contributed by atoms with Crippen LogP contribution in [0.4, 0.5) is 0 Å². The molecule has 0 atom stereocenters. The van der Waals surface area contributed by atoms with E-state index >= 15 is 0 Å². The van der Waals surface area contributed by atoms with Crippen molar-refractivity contribution in [1.29, 1.82) is 0 Å². The lowest BCUT2D eigenvalue weighted by atomic mass is 9.96. The molecular weight excluding hydrogens is 200 g/mol. The molecule has 0 fully saturated rings. The molecule has 1 aromatic rings. The second kappa shape index (κ2) is 4.88. The zero-order valence-electron chi connectivity index (χ0n) is 9.57. The molecule has 2 heteroatoms. The fourth-order valence-corrected chi connectivity index (χ4v) is 1.72. The van der Waals surface area contributed by atoms with Crippen LogP contribution in [0.15, 0.2) is 42.2 Å². The Kier molecular flexibility index (Phi) is 3.30. The predicted octanol–water partition coefficient (Wildman–Crippen LogP) is 3.22. The van der Waals surface area contributed by atoms with Crippen molar-refractivity contribution in [1.82, 2.24) is 0 Å². The molecule has 2 nitrogen and oxygen atoms in total. The zero-order valence-corrected chi connectivity index (χ0v) is 9.57. The Balaban J connectivity index is 2.30. The van der Waals surface area contributed by atoms with E-state index in [4.69, 9.17) is 9.47 Å². The van der Waals surface area contributed by atoms with E-state index in [1.807, 2.05) is 24.3 Å². The summed E-state index contributed by atoms with van der Waals surface area (Å²) in [4.78, 5) is 0. The zero-order chi connectivity index (χ0) is 11.4. The van der Waals surface area contributed by atoms with Crippen LogP contribution in [0, 0.1) is 6.42 Å². The van der Waals surface area contributed by atoms with Gasteiger partial charge in [-0.05, 0) is 48.3 Å². The first-order valence-electron chi connectivity index (χ1n) is 5.27. The lowest BCUT2D eigenvalue weighted by Crippen LogP contribution is -1.95. The smallest absolute Gasteiger partial charge is 0.119 e. The molecule has 16 heavy (non-hydrogen) atoms. The van der Waals surface area contributed by atoms with Crippen molar-refractivity contribution < 1.29 is 9.47 Å². The van der Waals surface area contributed by atoms with Crippen molar-refractivity contribution >= 4 is 5.57 Å². The van der Waals surface area contributed by atoms with Gasteiger partial charge in [-0.3, -0.25) is 0 Å². The highest BCUT2D eigenvalue weighted by Gasteiger charge is 2.08. The summed E-state index contributed by atoms with van der Waals surface area (Å²) in [6.07, 6.45) is 7.19. The molecule has 0 N–H and O–H groups in total. The second-order valence-corrected chi connectivity index (χ2v) is 3.58. The molecular formula is C14H15O2. The van der Waals surface area contributed by atoms with E-state index < -0.39 is 0 Å². The van der Waals surface area contributed by atoms with Gasteiger partial charge >= 0.3 is 0 Å². The van der Waals surface area contributed by atoms with Crippen LogP contribution in [-0.2, 0) is 4.74 Å². The molecule has 1 aromatic carbocycles. The first-order valence-corrected chi connectivity index (χ1v) is 5.27. The number of methoxy groups -OCH3 is 2. The molecule has 0 aromatic heterocycles. The standard InChI is InChI=1S/C14H15O2/c1-15-13-7-3-5-11(9-13)12-6-4-8-14(10-12)16-2/h3,5-10H,4H2,1-2H3. The Hall–Kier alpha value is -1.70. The number of ether oxygens (including phenoxy) is 2. The van der Waals surface area contributed by atoms with Gasteiger partial charge in [0.2, 0.25) is 0 Å². The van der Waals surface area contributed by atoms with E-state index in [1.165, 1.54) is 5.57 Å². The molecule has 1 radical (unpaired) electrons. The highest BCUT2D eigenvalue weighted by Crippen LogP contribution is 2.27. The Morgan fingerprint density at radius 2 is 2.00 bits per heavy atom. The third-order valence-corrected chi connectivity index (χ3v) is 2.59. The lowest BCUT2D eigenvalue weighted by Gasteiger charge is -2.13. The topological polar surface area (TPSA) is 18.5 Å². The van der Waals surface area contributed by atoms with Crippen molar-refractivity contribution in [3.63, 3.8) is 0 Å². The molecule has 0 amide bonds. The van der Waals surface area contributed by atoms with E-state index in [9.17, 15) is 0 Å². The van der Waals surface area contributed by atoms with Crippen molar-refractivity contribution in [2.75, 3.05) is 14.2 Å². The van der Waals surface area contributed by atoms with Crippen LogP contribution in [0.2, 0.25) is 0 Å². The van der Waals surface area contributed by atoms with Crippen LogP contribution in [0.3, 0.4) is 0 Å². The Labute approximate surface area is 96.2 Å². The van der Waals surface area contributed by atoms with Gasteiger partial charge in [0.15, 0.2) is 0 Å². The van der Waals surface area contributed by atoms with Crippen molar-refractivity contribution in [2.45, 2.75) is 6.42 Å². The van der Waals surface area contributed by atoms with Crippen molar-refractivity contribution in [3.05, 3.63) is 54.2 Å². The van der Waals surface area contributed by atoms with Crippen LogP contribution in [0.1, 0.15) is 12.0 Å². The maximum absolute atomic E-state index is 5.23. The molecule has 83 valence electrons. The van der Waals surface area contributed by atoms with Gasteiger partial charge in [-0.1, -0.05) is 12.1 Å². The monoisotopic (exact) mass is 215 g/mol. The maximum atomic E-state index is 5.23. The van der Waals surface area contributed by atoms with E-state index in [-0.39, 0.29) is 0 Å². The van der Waals surface area contributed by atoms with Crippen LogP contribution >= 0.6 is 0 Å². The average Bonchev–Trinajstić information content (AvgIpc) is 2.39. The molecule has 0 heterocycles. The summed E-state index contributed by atoms with van der Waals surface area (Å²) in [6.45, 7) is 0. The Morgan fingerprint density at radius 1 is 1.12 bits per heavy atom. The van der Waals surface area contributed by atoms with Gasteiger partial charge in [0.25, 0.3) is 0 Å². The second-order valence-electron chi connectivity index (χ2n) is 3.58. The molecule has 0 saturated heterocycles. The number of benzene rings is 1. The number of hydrogen-bond donors (Lipinski definition) is 0. The third kappa shape index (κ3) is 2.27. The van der Waals surface area contributed by atoms with E-state index in [2.05, 4.69) is 18.6 Å². The Morgan fingerprint density at radius 3 is 2.75 bits per heavy atom. The quantitative estimate of drug-likeness (QED) is 0.770. The molecule has 0 saturated carbocycles. The summed E-state index contributed by atoms with van der Waals surface area (Å²) in [6, 6.07) is 8.04. The fraction of sp³-hybridized carbons (Fsp3) is 0.214. The van der Waals surface area contributed by atoms with Crippen LogP contribution in [0.25, 0.3) is 5.57 Å². The van der Waals surface area contributed by atoms with E-state index in [0.717, 1.165) is 23.5 Å². The van der Waals surface area contributed by atoms with Gasteiger partial charge in [0, 0.05) is 0 Å². The van der Waals surface area contributed by atoms with Gasteiger partial charge in [-0.2, -0.15) is 0 Å². The van der Waals surface area contributed by atoms with Gasteiger partial charge in [-0.15, -0.1) is 0 Å². The first-order chi connectivity index (χ1) is 7.83. The van der Waals surface area contributed by atoms with Gasteiger partial charge < -0.3 is 9.47 Å². The van der Waals surface area contributed by atoms with Crippen molar-refractivity contribution in [3.8, 4) is 5.75 Å². The SMILES string of the molecule is COC1=CC[CH]C(c2cccc(OC)c2)=C1. The predicted molar refractivity (Wildman–Crippen MR) is 65.0 cm³/mol. The lowest BCUT2D eigenvalue weighted by molar-refractivity contribution is 0.305. The number of allylic oxidation sites excluding steroid dienone is 3. The highest BCUT2D eigenvalue weighted by atomic mass is 16.5. The third-order valence-electron chi connectivity index (χ3n) is 2.59. The van der Waals surface area contributed by atoms with Gasteiger partial charge in [0.05, 0.1) is 14.2 Å². The Bertz CT molecular complexity index is 430.